The van der Waals surface area contributed by atoms with Crippen LogP contribution in [0.5, 0.6) is 0 Å². The molecule has 1 aromatic carbocycles. The summed E-state index contributed by atoms with van der Waals surface area (Å²) in [5.74, 6) is 0. The van der Waals surface area contributed by atoms with Crippen LogP contribution in [0.3, 0.4) is 0 Å². The lowest BCUT2D eigenvalue weighted by atomic mass is 10.1. The van der Waals surface area contributed by atoms with Crippen molar-refractivity contribution in [2.75, 3.05) is 19.8 Å². The van der Waals surface area contributed by atoms with Crippen molar-refractivity contribution in [1.82, 2.24) is 13.3 Å². The van der Waals surface area contributed by atoms with Crippen LogP contribution in [-0.2, 0) is 16.6 Å². The lowest BCUT2D eigenvalue weighted by Crippen LogP contribution is -2.56. The van der Waals surface area contributed by atoms with Gasteiger partial charge in [0.05, 0.1) is 5.69 Å². The highest BCUT2D eigenvalue weighted by Crippen LogP contribution is 2.35. The zero-order valence-corrected chi connectivity index (χ0v) is 19.5. The molecule has 0 saturated carbocycles. The van der Waals surface area contributed by atoms with Crippen molar-refractivity contribution in [2.24, 2.45) is 0 Å². The second kappa shape index (κ2) is 7.07. The Morgan fingerprint density at radius 3 is 2.30 bits per heavy atom. The van der Waals surface area contributed by atoms with Crippen molar-refractivity contribution in [3.05, 3.63) is 41.2 Å². The molecule has 6 nitrogen and oxygen atoms in total. The standard InChI is InChI=1S/C19H32N4O2SSi/c1-14-9-10-15(12-17(14)20)11-16-13-21-18(27(7,8)19(2,3)4)23(16)26(24,25)22(5)6/h9-10,12-13H,11,20H2,1-8H3. The summed E-state index contributed by atoms with van der Waals surface area (Å²) in [5.41, 5.74) is 10.1. The monoisotopic (exact) mass is 408 g/mol. The molecule has 8 heteroatoms. The molecule has 0 saturated heterocycles. The fraction of sp³-hybridized carbons (Fsp3) is 0.526. The van der Waals surface area contributed by atoms with E-state index in [1.54, 1.807) is 20.3 Å². The largest absolute Gasteiger partial charge is 0.399 e. The third-order valence-electron chi connectivity index (χ3n) is 5.64. The topological polar surface area (TPSA) is 81.2 Å². The van der Waals surface area contributed by atoms with Gasteiger partial charge in [-0.25, -0.2) is 8.96 Å². The number of aromatic nitrogens is 2. The second-order valence-corrected chi connectivity index (χ2v) is 16.1. The van der Waals surface area contributed by atoms with Gasteiger partial charge < -0.3 is 5.73 Å². The summed E-state index contributed by atoms with van der Waals surface area (Å²) in [5, 5.41) is -0.0382. The average Bonchev–Trinajstić information content (AvgIpc) is 2.94. The van der Waals surface area contributed by atoms with Crippen LogP contribution >= 0.6 is 0 Å². The van der Waals surface area contributed by atoms with E-state index in [0.29, 0.717) is 23.2 Å². The quantitative estimate of drug-likeness (QED) is 0.609. The number of rotatable bonds is 5. The van der Waals surface area contributed by atoms with Gasteiger partial charge in [-0.15, -0.1) is 0 Å². The van der Waals surface area contributed by atoms with E-state index in [1.165, 1.54) is 8.28 Å². The van der Waals surface area contributed by atoms with Crippen molar-refractivity contribution in [3.63, 3.8) is 0 Å². The van der Waals surface area contributed by atoms with Crippen LogP contribution in [-0.4, -0.2) is 43.8 Å². The first-order valence-corrected chi connectivity index (χ1v) is 13.4. The number of nitrogens with zero attached hydrogens (tertiary/aromatic N) is 3. The van der Waals surface area contributed by atoms with E-state index in [-0.39, 0.29) is 5.04 Å². The summed E-state index contributed by atoms with van der Waals surface area (Å²) in [6.45, 7) is 12.8. The van der Waals surface area contributed by atoms with Gasteiger partial charge in [-0.2, -0.15) is 12.7 Å². The Morgan fingerprint density at radius 2 is 1.81 bits per heavy atom. The third-order valence-corrected chi connectivity index (χ3v) is 12.8. The molecule has 0 amide bonds. The van der Waals surface area contributed by atoms with Crippen molar-refractivity contribution in [2.45, 2.75) is 52.2 Å². The van der Waals surface area contributed by atoms with Gasteiger partial charge in [-0.05, 0) is 29.2 Å². The second-order valence-electron chi connectivity index (χ2n) is 8.87. The van der Waals surface area contributed by atoms with E-state index in [1.807, 2.05) is 25.1 Å². The Morgan fingerprint density at radius 1 is 1.22 bits per heavy atom. The van der Waals surface area contributed by atoms with Gasteiger partial charge in [0.25, 0.3) is 0 Å². The minimum Gasteiger partial charge on any atom is -0.399 e. The van der Waals surface area contributed by atoms with Gasteiger partial charge in [-0.3, -0.25) is 0 Å². The number of imidazole rings is 1. The van der Waals surface area contributed by atoms with Crippen LogP contribution in [0.1, 0.15) is 37.6 Å². The van der Waals surface area contributed by atoms with Crippen molar-refractivity contribution < 1.29 is 8.42 Å². The predicted octanol–water partition coefficient (Wildman–Crippen LogP) is 2.73. The Kier molecular flexibility index (Phi) is 5.67. The normalized spacial score (nSPS) is 13.4. The molecule has 1 aromatic heterocycles. The van der Waals surface area contributed by atoms with Gasteiger partial charge in [-0.1, -0.05) is 46.0 Å². The third kappa shape index (κ3) is 3.97. The molecule has 0 spiro atoms. The SMILES string of the molecule is Cc1ccc(Cc2cnc([Si](C)(C)C(C)(C)C)n2S(=O)(=O)N(C)C)cc1N. The fourth-order valence-corrected chi connectivity index (χ4v) is 6.41. The minimum absolute atomic E-state index is 0.0382. The zero-order chi connectivity index (χ0) is 20.8. The first-order chi connectivity index (χ1) is 12.2. The van der Waals surface area contributed by atoms with Crippen LogP contribution < -0.4 is 11.2 Å². The molecule has 27 heavy (non-hydrogen) atoms. The highest BCUT2D eigenvalue weighted by molar-refractivity contribution is 7.87. The van der Waals surface area contributed by atoms with Crippen molar-refractivity contribution in [1.29, 1.82) is 0 Å². The number of nitrogens with two attached hydrogens (primary N) is 1. The summed E-state index contributed by atoms with van der Waals surface area (Å²) in [7, 11) is -2.75. The summed E-state index contributed by atoms with van der Waals surface area (Å²) in [6, 6.07) is 5.85. The molecule has 0 aliphatic heterocycles. The maximum Gasteiger partial charge on any atom is 0.308 e. The van der Waals surface area contributed by atoms with Gasteiger partial charge in [0.15, 0.2) is 0 Å². The first kappa shape index (κ1) is 21.7. The molecule has 2 aromatic rings. The molecular formula is C19H32N4O2SSi. The number of benzene rings is 1. The van der Waals surface area contributed by atoms with Crippen LogP contribution in [0.25, 0.3) is 0 Å². The zero-order valence-electron chi connectivity index (χ0n) is 17.7. The molecule has 150 valence electrons. The van der Waals surface area contributed by atoms with Crippen LogP contribution in [0.2, 0.25) is 18.1 Å². The predicted molar refractivity (Wildman–Crippen MR) is 115 cm³/mol. The Balaban J connectivity index is 2.68. The van der Waals surface area contributed by atoms with Crippen LogP contribution in [0.15, 0.2) is 24.4 Å². The Hall–Kier alpha value is -1.64. The minimum atomic E-state index is -3.69. The van der Waals surface area contributed by atoms with E-state index < -0.39 is 18.3 Å². The molecule has 0 fully saturated rings. The summed E-state index contributed by atoms with van der Waals surface area (Å²) in [4.78, 5) is 4.63. The number of hydrogen-bond acceptors (Lipinski definition) is 4. The van der Waals surface area contributed by atoms with E-state index in [0.717, 1.165) is 11.1 Å². The summed E-state index contributed by atoms with van der Waals surface area (Å²) < 4.78 is 29.0. The van der Waals surface area contributed by atoms with Crippen molar-refractivity contribution in [3.8, 4) is 0 Å². The molecule has 0 aliphatic rings. The molecule has 2 N–H and O–H groups in total. The Labute approximate surface area is 164 Å². The van der Waals surface area contributed by atoms with Crippen LogP contribution in [0, 0.1) is 6.92 Å². The molecule has 0 unspecified atom stereocenters. The van der Waals surface area contributed by atoms with Gasteiger partial charge in [0.2, 0.25) is 0 Å². The summed E-state index contributed by atoms with van der Waals surface area (Å²) >= 11 is 0. The highest BCUT2D eigenvalue weighted by Gasteiger charge is 2.43. The molecule has 0 radical (unpaired) electrons. The van der Waals surface area contributed by atoms with Gasteiger partial charge in [0, 0.05) is 32.4 Å². The maximum atomic E-state index is 13.2. The maximum absolute atomic E-state index is 13.2. The number of aryl methyl sites for hydroxylation is 1. The molecule has 1 heterocycles. The molecular weight excluding hydrogens is 376 g/mol. The molecule has 0 atom stereocenters. The number of anilines is 1. The van der Waals surface area contributed by atoms with Gasteiger partial charge >= 0.3 is 10.2 Å². The lowest BCUT2D eigenvalue weighted by molar-refractivity contribution is 0.510. The van der Waals surface area contributed by atoms with E-state index in [9.17, 15) is 8.42 Å². The van der Waals surface area contributed by atoms with Crippen LogP contribution in [0.4, 0.5) is 5.69 Å². The smallest absolute Gasteiger partial charge is 0.308 e. The Bertz CT molecular complexity index is 941. The fourth-order valence-electron chi connectivity index (χ4n) is 2.67. The van der Waals surface area contributed by atoms with E-state index in [4.69, 9.17) is 5.73 Å². The number of nitrogen functional groups attached to an aromatic ring is 1. The van der Waals surface area contributed by atoms with E-state index in [2.05, 4.69) is 38.8 Å². The summed E-state index contributed by atoms with van der Waals surface area (Å²) in [6.07, 6.45) is 2.16. The van der Waals surface area contributed by atoms with Gasteiger partial charge in [0.1, 0.15) is 13.5 Å². The molecule has 0 aliphatic carbocycles. The van der Waals surface area contributed by atoms with E-state index >= 15 is 0 Å². The first-order valence-electron chi connectivity index (χ1n) is 9.04. The number of hydrogen-bond donors (Lipinski definition) is 1. The molecule has 0 bridgehead atoms. The highest BCUT2D eigenvalue weighted by atomic mass is 32.2. The average molecular weight is 409 g/mol. The lowest BCUT2D eigenvalue weighted by Gasteiger charge is -2.36. The van der Waals surface area contributed by atoms with Crippen molar-refractivity contribution >= 4 is 29.4 Å². The molecule has 2 rings (SSSR count).